The van der Waals surface area contributed by atoms with Crippen LogP contribution >= 0.6 is 0 Å². The summed E-state index contributed by atoms with van der Waals surface area (Å²) in [5.41, 5.74) is 2.52. The maximum absolute atomic E-state index is 13.8. The quantitative estimate of drug-likeness (QED) is 0.0595. The first kappa shape index (κ1) is 38.6. The Bertz CT molecular complexity index is 1200. The third kappa shape index (κ3) is 14.6. The Morgan fingerprint density at radius 1 is 0.711 bits per heavy atom. The Kier molecular flexibility index (Phi) is 20.3. The number of para-hydroxylation sites is 1. The fraction of sp³-hybridized carbons (Fsp3) is 0.538. The molecule has 0 saturated carbocycles. The number of ether oxygens (including phenoxy) is 2. The van der Waals surface area contributed by atoms with Gasteiger partial charge >= 0.3 is 0 Å². The van der Waals surface area contributed by atoms with Crippen LogP contribution in [-0.2, 0) is 13.1 Å². The normalized spacial score (nSPS) is 10.7. The summed E-state index contributed by atoms with van der Waals surface area (Å²) in [6, 6.07) is 19.7. The van der Waals surface area contributed by atoms with Crippen molar-refractivity contribution in [1.82, 2.24) is 0 Å². The van der Waals surface area contributed by atoms with Gasteiger partial charge in [0, 0.05) is 18.2 Å². The van der Waals surface area contributed by atoms with Crippen LogP contribution in [0.15, 0.2) is 73.1 Å². The number of amides is 1. The van der Waals surface area contributed by atoms with E-state index in [0.717, 1.165) is 36.4 Å². The number of benzene rings is 2. The van der Waals surface area contributed by atoms with Crippen molar-refractivity contribution in [3.63, 3.8) is 0 Å². The maximum Gasteiger partial charge on any atom is 0.264 e. The largest absolute Gasteiger partial charge is 1.00 e. The van der Waals surface area contributed by atoms with Crippen molar-refractivity contribution >= 4 is 11.6 Å². The molecule has 0 saturated heterocycles. The molecule has 3 aromatic rings. The van der Waals surface area contributed by atoms with Crippen LogP contribution in [0.5, 0.6) is 11.5 Å². The minimum atomic E-state index is -0.0289. The molecule has 5 nitrogen and oxygen atoms in total. The lowest BCUT2D eigenvalue weighted by Crippen LogP contribution is -3.00. The molecule has 0 N–H and O–H groups in total. The molecule has 0 fully saturated rings. The Labute approximate surface area is 290 Å². The minimum absolute atomic E-state index is 0. The van der Waals surface area contributed by atoms with Crippen molar-refractivity contribution in [3.8, 4) is 11.5 Å². The van der Waals surface area contributed by atoms with Gasteiger partial charge in [0.25, 0.3) is 5.91 Å². The van der Waals surface area contributed by atoms with Crippen molar-refractivity contribution in [3.05, 3.63) is 84.2 Å². The summed E-state index contributed by atoms with van der Waals surface area (Å²) in [7, 11) is 1.68. The summed E-state index contributed by atoms with van der Waals surface area (Å²) in [6.45, 7) is 6.42. The van der Waals surface area contributed by atoms with Crippen LogP contribution in [-0.4, -0.2) is 19.6 Å². The van der Waals surface area contributed by atoms with Crippen molar-refractivity contribution in [2.45, 2.75) is 123 Å². The van der Waals surface area contributed by atoms with Crippen LogP contribution in [0.3, 0.4) is 0 Å². The monoisotopic (exact) mass is 728 g/mol. The van der Waals surface area contributed by atoms with E-state index in [2.05, 4.69) is 18.4 Å². The molecule has 0 aliphatic carbocycles. The molecule has 0 bridgehead atoms. The molecule has 0 aliphatic rings. The fourth-order valence-electron chi connectivity index (χ4n) is 5.68. The van der Waals surface area contributed by atoms with E-state index in [0.29, 0.717) is 24.5 Å². The molecule has 0 spiro atoms. The number of methoxy groups -OCH3 is 1. The zero-order valence-electron chi connectivity index (χ0n) is 28.2. The summed E-state index contributed by atoms with van der Waals surface area (Å²) in [4.78, 5) is 15.6. The van der Waals surface area contributed by atoms with Crippen LogP contribution in [0.1, 0.15) is 126 Å². The smallest absolute Gasteiger partial charge is 0.264 e. The average Bonchev–Trinajstić information content (AvgIpc) is 3.06. The number of nitrogens with zero attached hydrogens (tertiary/aromatic N) is 2. The zero-order valence-corrected chi connectivity index (χ0v) is 30.3. The first-order valence-electron chi connectivity index (χ1n) is 17.3. The van der Waals surface area contributed by atoms with E-state index in [1.807, 2.05) is 78.0 Å². The first-order chi connectivity index (χ1) is 21.7. The van der Waals surface area contributed by atoms with E-state index in [1.54, 1.807) is 7.11 Å². The predicted molar refractivity (Wildman–Crippen MR) is 183 cm³/mol. The molecule has 6 heteroatoms. The maximum atomic E-state index is 13.8. The van der Waals surface area contributed by atoms with E-state index in [1.165, 1.54) is 83.5 Å². The van der Waals surface area contributed by atoms with Gasteiger partial charge in [-0.3, -0.25) is 4.79 Å². The van der Waals surface area contributed by atoms with Crippen molar-refractivity contribution in [1.29, 1.82) is 0 Å². The number of unbranched alkanes of at least 4 members (excludes halogenated alkanes) is 13. The molecular weight excluding hydrogens is 671 g/mol. The molecule has 2 aromatic carbocycles. The third-order valence-electron chi connectivity index (χ3n) is 8.22. The van der Waals surface area contributed by atoms with Gasteiger partial charge in [-0.25, -0.2) is 4.57 Å². The van der Waals surface area contributed by atoms with E-state index in [4.69, 9.17) is 9.47 Å². The third-order valence-corrected chi connectivity index (χ3v) is 8.22. The molecule has 0 unspecified atom stereocenters. The highest BCUT2D eigenvalue weighted by Gasteiger charge is 2.21. The number of rotatable bonds is 23. The Morgan fingerprint density at radius 2 is 1.33 bits per heavy atom. The van der Waals surface area contributed by atoms with Gasteiger partial charge in [0.05, 0.1) is 20.3 Å². The topological polar surface area (TPSA) is 42.7 Å². The van der Waals surface area contributed by atoms with Gasteiger partial charge in [-0.1, -0.05) is 122 Å². The van der Waals surface area contributed by atoms with Crippen LogP contribution in [0.2, 0.25) is 0 Å². The number of hydrogen-bond donors (Lipinski definition) is 0. The van der Waals surface area contributed by atoms with E-state index >= 15 is 0 Å². The number of halogens is 1. The summed E-state index contributed by atoms with van der Waals surface area (Å²) < 4.78 is 13.9. The summed E-state index contributed by atoms with van der Waals surface area (Å²) >= 11 is 0. The second-order valence-electron chi connectivity index (χ2n) is 12.0. The molecule has 0 aliphatic heterocycles. The molecular formula is C39H57IN2O3. The molecule has 248 valence electrons. The van der Waals surface area contributed by atoms with Crippen molar-refractivity contribution in [2.75, 3.05) is 18.6 Å². The number of carbonyl (C=O) groups is 1. The van der Waals surface area contributed by atoms with Gasteiger partial charge in [0.2, 0.25) is 0 Å². The molecule has 1 amide bonds. The van der Waals surface area contributed by atoms with Crippen LogP contribution < -0.4 is 42.9 Å². The van der Waals surface area contributed by atoms with Crippen LogP contribution in [0.25, 0.3) is 0 Å². The Morgan fingerprint density at radius 3 is 1.93 bits per heavy atom. The molecule has 45 heavy (non-hydrogen) atoms. The highest BCUT2D eigenvalue weighted by molar-refractivity contribution is 6.05. The van der Waals surface area contributed by atoms with E-state index < -0.39 is 0 Å². The minimum Gasteiger partial charge on any atom is -1.00 e. The van der Waals surface area contributed by atoms with Gasteiger partial charge in [-0.2, -0.15) is 0 Å². The standard InChI is InChI=1S/C39H57N2O3.HI/c1-4-6-7-8-9-10-11-12-13-14-15-16-17-21-30-44-37-27-26-34(31-38(37)43-3)32-41(36-24-19-18-20-25-36)39(42)35-23-22-29-40(33-35)28-5-2;/h18-20,22-27,29,31,33H,4-17,21,28,30,32H2,1-3H3;1H/q+1;/p-1. The van der Waals surface area contributed by atoms with Crippen LogP contribution in [0.4, 0.5) is 5.69 Å². The highest BCUT2D eigenvalue weighted by atomic mass is 127. The van der Waals surface area contributed by atoms with Gasteiger partial charge in [-0.15, -0.1) is 0 Å². The zero-order chi connectivity index (χ0) is 31.2. The lowest BCUT2D eigenvalue weighted by Gasteiger charge is -2.23. The number of carbonyl (C=O) groups excluding carboxylic acids is 1. The van der Waals surface area contributed by atoms with Gasteiger partial charge in [0.1, 0.15) is 12.1 Å². The van der Waals surface area contributed by atoms with Crippen molar-refractivity contribution < 1.29 is 42.8 Å². The fourth-order valence-corrected chi connectivity index (χ4v) is 5.68. The van der Waals surface area contributed by atoms with Crippen LogP contribution in [0, 0.1) is 0 Å². The molecule has 3 rings (SSSR count). The second kappa shape index (κ2) is 23.7. The van der Waals surface area contributed by atoms with Crippen molar-refractivity contribution in [2.24, 2.45) is 0 Å². The molecule has 1 heterocycles. The summed E-state index contributed by atoms with van der Waals surface area (Å²) in [6.07, 6.45) is 23.8. The Hall–Kier alpha value is -2.61. The molecule has 0 atom stereocenters. The van der Waals surface area contributed by atoms with Gasteiger partial charge < -0.3 is 38.4 Å². The molecule has 0 radical (unpaired) electrons. The number of hydrogen-bond acceptors (Lipinski definition) is 3. The van der Waals surface area contributed by atoms with Gasteiger partial charge in [0.15, 0.2) is 23.9 Å². The lowest BCUT2D eigenvalue weighted by molar-refractivity contribution is -0.697. The number of aryl methyl sites for hydroxylation is 1. The summed E-state index contributed by atoms with van der Waals surface area (Å²) in [5.74, 6) is 1.43. The number of anilines is 1. The summed E-state index contributed by atoms with van der Waals surface area (Å²) in [5, 5.41) is 0. The second-order valence-corrected chi connectivity index (χ2v) is 12.0. The number of pyridine rings is 1. The van der Waals surface area contributed by atoms with E-state index in [9.17, 15) is 4.79 Å². The molecule has 1 aromatic heterocycles. The predicted octanol–water partition coefficient (Wildman–Crippen LogP) is 7.10. The first-order valence-corrected chi connectivity index (χ1v) is 17.3. The Balaban J connectivity index is 0.00000705. The lowest BCUT2D eigenvalue weighted by atomic mass is 10.0. The average molecular weight is 729 g/mol. The number of aromatic nitrogens is 1. The van der Waals surface area contributed by atoms with Gasteiger partial charge in [-0.05, 0) is 42.3 Å². The highest BCUT2D eigenvalue weighted by Crippen LogP contribution is 2.30. The SMILES string of the molecule is CCCCCCCCCCCCCCCCOc1ccc(CN(C(=O)c2ccc[n+](CCC)c2)c2ccccc2)cc1OC.[I-]. The van der Waals surface area contributed by atoms with E-state index in [-0.39, 0.29) is 29.9 Å².